The number of carbonyl (C=O) groups excluding carboxylic acids is 2. The monoisotopic (exact) mass is 443 g/mol. The molecule has 0 radical (unpaired) electrons. The van der Waals surface area contributed by atoms with Crippen LogP contribution in [0.15, 0.2) is 72.8 Å². The molecule has 6 heteroatoms. The van der Waals surface area contributed by atoms with Gasteiger partial charge in [-0.05, 0) is 67.5 Å². The van der Waals surface area contributed by atoms with Gasteiger partial charge in [0.1, 0.15) is 5.69 Å². The molecule has 0 bridgehead atoms. The molecule has 0 spiro atoms. The largest absolute Gasteiger partial charge is 0.350 e. The summed E-state index contributed by atoms with van der Waals surface area (Å²) in [6.45, 7) is 3.91. The highest BCUT2D eigenvalue weighted by atomic mass is 32.1. The summed E-state index contributed by atoms with van der Waals surface area (Å²) in [7, 11) is 0. The zero-order valence-corrected chi connectivity index (χ0v) is 18.9. The lowest BCUT2D eigenvalue weighted by Crippen LogP contribution is -2.33. The molecule has 1 aromatic heterocycles. The van der Waals surface area contributed by atoms with Crippen molar-refractivity contribution in [3.05, 3.63) is 95.2 Å². The maximum absolute atomic E-state index is 12.9. The first-order valence-corrected chi connectivity index (χ1v) is 11.4. The van der Waals surface area contributed by atoms with E-state index < -0.39 is 0 Å². The summed E-state index contributed by atoms with van der Waals surface area (Å²) < 4.78 is 5.28. The molecule has 4 rings (SSSR count). The second-order valence-corrected chi connectivity index (χ2v) is 8.71. The van der Waals surface area contributed by atoms with Crippen LogP contribution < -0.4 is 10.6 Å². The van der Waals surface area contributed by atoms with Crippen LogP contribution in [0.3, 0.4) is 0 Å². The van der Waals surface area contributed by atoms with Gasteiger partial charge in [0.2, 0.25) is 0 Å². The van der Waals surface area contributed by atoms with E-state index in [-0.39, 0.29) is 17.9 Å². The molecular weight excluding hydrogens is 418 g/mol. The maximum Gasteiger partial charge on any atom is 0.276 e. The molecule has 2 N–H and O–H groups in total. The number of hydrogen-bond acceptors (Lipinski definition) is 4. The fraction of sp³-hybridized carbons (Fsp3) is 0.192. The van der Waals surface area contributed by atoms with Crippen LogP contribution in [0.5, 0.6) is 0 Å². The Balaban J connectivity index is 1.42. The van der Waals surface area contributed by atoms with Crippen LogP contribution in [0.25, 0.3) is 10.1 Å². The van der Waals surface area contributed by atoms with Gasteiger partial charge in [-0.1, -0.05) is 54.6 Å². The topological polar surface area (TPSA) is 71.1 Å². The van der Waals surface area contributed by atoms with Crippen molar-refractivity contribution in [1.29, 1.82) is 0 Å². The molecule has 1 atom stereocenters. The van der Waals surface area contributed by atoms with E-state index in [0.29, 0.717) is 16.9 Å². The van der Waals surface area contributed by atoms with Crippen molar-refractivity contribution in [2.45, 2.75) is 32.7 Å². The highest BCUT2D eigenvalue weighted by Gasteiger charge is 2.17. The fourth-order valence-corrected chi connectivity index (χ4v) is 4.31. The standard InChI is InChI=1S/C26H25N3O2S/c1-17-12-15-20(25(30)27-18(2)13-14-19-8-4-3-5-9-19)16-22(17)28-26(31)24-21-10-6-7-11-23(21)32-29-24/h3-12,15-16,18H,13-14H2,1-2H3,(H,27,30)(H,28,31). The van der Waals surface area contributed by atoms with Gasteiger partial charge in [0.25, 0.3) is 11.8 Å². The minimum atomic E-state index is -0.278. The van der Waals surface area contributed by atoms with Gasteiger partial charge in [-0.15, -0.1) is 0 Å². The number of carbonyl (C=O) groups is 2. The molecule has 0 aliphatic heterocycles. The van der Waals surface area contributed by atoms with Crippen LogP contribution in [0.1, 0.15) is 45.3 Å². The average molecular weight is 444 g/mol. The third-order valence-corrected chi connectivity index (χ3v) is 6.25. The first-order valence-electron chi connectivity index (χ1n) is 10.6. The van der Waals surface area contributed by atoms with E-state index in [1.807, 2.05) is 62.4 Å². The van der Waals surface area contributed by atoms with E-state index in [0.717, 1.165) is 28.5 Å². The highest BCUT2D eigenvalue weighted by Crippen LogP contribution is 2.24. The third kappa shape index (κ3) is 5.03. The van der Waals surface area contributed by atoms with Crippen molar-refractivity contribution in [3.63, 3.8) is 0 Å². The molecule has 5 nitrogen and oxygen atoms in total. The molecule has 4 aromatic rings. The normalized spacial score (nSPS) is 11.8. The molecule has 0 saturated carbocycles. The van der Waals surface area contributed by atoms with Crippen LogP contribution >= 0.6 is 11.5 Å². The zero-order valence-electron chi connectivity index (χ0n) is 18.1. The highest BCUT2D eigenvalue weighted by molar-refractivity contribution is 7.13. The van der Waals surface area contributed by atoms with E-state index in [1.54, 1.807) is 12.1 Å². The number of amides is 2. The van der Waals surface area contributed by atoms with Crippen LogP contribution in [-0.4, -0.2) is 22.2 Å². The molecular formula is C26H25N3O2S. The number of hydrogen-bond donors (Lipinski definition) is 2. The molecule has 32 heavy (non-hydrogen) atoms. The molecule has 0 fully saturated rings. The van der Waals surface area contributed by atoms with Crippen LogP contribution in [-0.2, 0) is 6.42 Å². The Kier molecular flexibility index (Phi) is 6.61. The zero-order chi connectivity index (χ0) is 22.5. The van der Waals surface area contributed by atoms with E-state index in [9.17, 15) is 9.59 Å². The number of aryl methyl sites for hydroxylation is 2. The Bertz CT molecular complexity index is 1250. The molecule has 0 aliphatic carbocycles. The van der Waals surface area contributed by atoms with Gasteiger partial charge >= 0.3 is 0 Å². The molecule has 162 valence electrons. The van der Waals surface area contributed by atoms with Gasteiger partial charge < -0.3 is 10.6 Å². The Morgan fingerprint density at radius 2 is 1.72 bits per heavy atom. The summed E-state index contributed by atoms with van der Waals surface area (Å²) in [5.74, 6) is -0.431. The number of aromatic nitrogens is 1. The summed E-state index contributed by atoms with van der Waals surface area (Å²) in [4.78, 5) is 25.6. The van der Waals surface area contributed by atoms with Crippen molar-refractivity contribution < 1.29 is 9.59 Å². The smallest absolute Gasteiger partial charge is 0.276 e. The first kappa shape index (κ1) is 21.7. The average Bonchev–Trinajstić information content (AvgIpc) is 3.24. The van der Waals surface area contributed by atoms with Crippen LogP contribution in [0.4, 0.5) is 5.69 Å². The van der Waals surface area contributed by atoms with E-state index in [4.69, 9.17) is 0 Å². The Morgan fingerprint density at radius 1 is 0.969 bits per heavy atom. The maximum atomic E-state index is 12.9. The minimum Gasteiger partial charge on any atom is -0.350 e. The van der Waals surface area contributed by atoms with Gasteiger partial charge in [-0.3, -0.25) is 9.59 Å². The van der Waals surface area contributed by atoms with Gasteiger partial charge in [0.15, 0.2) is 0 Å². The van der Waals surface area contributed by atoms with E-state index in [2.05, 4.69) is 27.1 Å². The number of anilines is 1. The number of nitrogens with zero attached hydrogens (tertiary/aromatic N) is 1. The summed E-state index contributed by atoms with van der Waals surface area (Å²) in [5, 5.41) is 6.81. The second-order valence-electron chi connectivity index (χ2n) is 7.91. The summed E-state index contributed by atoms with van der Waals surface area (Å²) in [6, 6.07) is 23.3. The Labute approximate surface area is 191 Å². The van der Waals surface area contributed by atoms with Crippen molar-refractivity contribution in [2.75, 3.05) is 5.32 Å². The summed E-state index contributed by atoms with van der Waals surface area (Å²) >= 11 is 1.30. The lowest BCUT2D eigenvalue weighted by molar-refractivity contribution is 0.0937. The van der Waals surface area contributed by atoms with Crippen molar-refractivity contribution in [2.24, 2.45) is 0 Å². The number of rotatable bonds is 7. The van der Waals surface area contributed by atoms with Crippen LogP contribution in [0, 0.1) is 6.92 Å². The van der Waals surface area contributed by atoms with Gasteiger partial charge in [-0.2, -0.15) is 4.37 Å². The van der Waals surface area contributed by atoms with E-state index >= 15 is 0 Å². The first-order chi connectivity index (χ1) is 15.5. The molecule has 1 unspecified atom stereocenters. The second kappa shape index (κ2) is 9.75. The quantitative estimate of drug-likeness (QED) is 0.390. The number of nitrogens with one attached hydrogen (secondary N) is 2. The summed E-state index contributed by atoms with van der Waals surface area (Å²) in [6.07, 6.45) is 1.75. The molecule has 1 heterocycles. The third-order valence-electron chi connectivity index (χ3n) is 5.43. The lowest BCUT2D eigenvalue weighted by Gasteiger charge is -2.15. The van der Waals surface area contributed by atoms with Crippen molar-refractivity contribution >= 4 is 39.1 Å². The molecule has 0 saturated heterocycles. The molecule has 3 aromatic carbocycles. The predicted molar refractivity (Wildman–Crippen MR) is 130 cm³/mol. The molecule has 0 aliphatic rings. The van der Waals surface area contributed by atoms with Crippen molar-refractivity contribution in [1.82, 2.24) is 9.69 Å². The molecule has 2 amide bonds. The van der Waals surface area contributed by atoms with Gasteiger partial charge in [-0.25, -0.2) is 0 Å². The SMILES string of the molecule is Cc1ccc(C(=O)NC(C)CCc2ccccc2)cc1NC(=O)c1nsc2ccccc12. The fourth-order valence-electron chi connectivity index (χ4n) is 3.54. The number of fused-ring (bicyclic) bond motifs is 1. The summed E-state index contributed by atoms with van der Waals surface area (Å²) in [5.41, 5.74) is 3.65. The van der Waals surface area contributed by atoms with Crippen molar-refractivity contribution in [3.8, 4) is 0 Å². The minimum absolute atomic E-state index is 0.0309. The van der Waals surface area contributed by atoms with E-state index in [1.165, 1.54) is 17.1 Å². The number of benzene rings is 3. The van der Waals surface area contributed by atoms with Gasteiger partial charge in [0.05, 0.1) is 4.70 Å². The predicted octanol–water partition coefficient (Wildman–Crippen LogP) is 5.61. The van der Waals surface area contributed by atoms with Crippen LogP contribution in [0.2, 0.25) is 0 Å². The lowest BCUT2D eigenvalue weighted by atomic mass is 10.1. The Hall–Kier alpha value is -3.51. The van der Waals surface area contributed by atoms with Gasteiger partial charge in [0, 0.05) is 22.7 Å². The Morgan fingerprint density at radius 3 is 2.53 bits per heavy atom.